The van der Waals surface area contributed by atoms with Crippen molar-refractivity contribution in [2.24, 2.45) is 0 Å². The molecule has 1 saturated carbocycles. The zero-order valence-electron chi connectivity index (χ0n) is 10.1. The number of carboxylic acid groups (broad SMARTS) is 1. The Morgan fingerprint density at radius 3 is 2.58 bits per heavy atom. The van der Waals surface area contributed by atoms with E-state index in [1.54, 1.807) is 18.2 Å². The molecule has 0 saturated heterocycles. The second-order valence-corrected chi connectivity index (χ2v) is 4.76. The van der Waals surface area contributed by atoms with E-state index in [1.807, 2.05) is 0 Å². The van der Waals surface area contributed by atoms with Gasteiger partial charge < -0.3 is 19.9 Å². The van der Waals surface area contributed by atoms with Crippen LogP contribution in [0.3, 0.4) is 0 Å². The molecule has 1 aromatic rings. The molecule has 6 nitrogen and oxygen atoms in total. The molecule has 3 rings (SSSR count). The Kier molecular flexibility index (Phi) is 2.58. The van der Waals surface area contributed by atoms with E-state index in [9.17, 15) is 14.7 Å². The normalized spacial score (nSPS) is 18.5. The van der Waals surface area contributed by atoms with Crippen LogP contribution < -0.4 is 14.8 Å². The summed E-state index contributed by atoms with van der Waals surface area (Å²) >= 11 is 0. The van der Waals surface area contributed by atoms with Crippen LogP contribution in [0, 0.1) is 0 Å². The maximum Gasteiger partial charge on any atom is 0.329 e. The van der Waals surface area contributed by atoms with E-state index >= 15 is 0 Å². The molecule has 0 spiro atoms. The molecule has 0 aromatic heterocycles. The van der Waals surface area contributed by atoms with Crippen LogP contribution in [0.2, 0.25) is 0 Å². The lowest BCUT2D eigenvalue weighted by molar-refractivity contribution is -0.148. The molecule has 1 fully saturated rings. The number of fused-ring (bicyclic) bond motifs is 1. The summed E-state index contributed by atoms with van der Waals surface area (Å²) in [6.45, 7) is 0.138. The molecule has 2 aliphatic rings. The number of carbonyl (C=O) groups excluding carboxylic acids is 1. The summed E-state index contributed by atoms with van der Waals surface area (Å²) in [5.41, 5.74) is -0.732. The van der Waals surface area contributed by atoms with Gasteiger partial charge in [-0.25, -0.2) is 4.79 Å². The number of aliphatic carboxylic acids is 1. The zero-order valence-corrected chi connectivity index (χ0v) is 10.1. The van der Waals surface area contributed by atoms with Gasteiger partial charge >= 0.3 is 5.97 Å². The van der Waals surface area contributed by atoms with Gasteiger partial charge in [0.05, 0.1) is 0 Å². The van der Waals surface area contributed by atoms with Crippen LogP contribution in [0.4, 0.5) is 0 Å². The Morgan fingerprint density at radius 2 is 1.95 bits per heavy atom. The first kappa shape index (κ1) is 11.8. The molecular weight excluding hydrogens is 250 g/mol. The molecule has 1 aromatic carbocycles. The molecular formula is C13H13NO5. The first-order valence-electron chi connectivity index (χ1n) is 6.06. The molecule has 2 N–H and O–H groups in total. The molecule has 1 aliphatic heterocycles. The second-order valence-electron chi connectivity index (χ2n) is 4.76. The Hall–Kier alpha value is -2.24. The van der Waals surface area contributed by atoms with Gasteiger partial charge in [-0.05, 0) is 37.5 Å². The summed E-state index contributed by atoms with van der Waals surface area (Å²) in [4.78, 5) is 23.3. The van der Waals surface area contributed by atoms with Gasteiger partial charge in [0.15, 0.2) is 11.5 Å². The van der Waals surface area contributed by atoms with Crippen LogP contribution in [0.1, 0.15) is 29.6 Å². The van der Waals surface area contributed by atoms with Gasteiger partial charge in [0.2, 0.25) is 6.79 Å². The largest absolute Gasteiger partial charge is 0.480 e. The van der Waals surface area contributed by atoms with Crippen molar-refractivity contribution in [2.45, 2.75) is 24.8 Å². The third kappa shape index (κ3) is 1.89. The van der Waals surface area contributed by atoms with E-state index < -0.39 is 17.4 Å². The first-order valence-corrected chi connectivity index (χ1v) is 6.06. The number of hydrogen-bond donors (Lipinski definition) is 2. The average Bonchev–Trinajstić information content (AvgIpc) is 2.79. The predicted molar refractivity (Wildman–Crippen MR) is 64.2 cm³/mol. The molecule has 0 bridgehead atoms. The summed E-state index contributed by atoms with van der Waals surface area (Å²) in [6, 6.07) is 4.80. The Labute approximate surface area is 109 Å². The van der Waals surface area contributed by atoms with E-state index in [4.69, 9.17) is 9.47 Å². The lowest BCUT2D eigenvalue weighted by atomic mass is 9.76. The first-order chi connectivity index (χ1) is 9.11. The van der Waals surface area contributed by atoms with Crippen molar-refractivity contribution in [3.05, 3.63) is 23.8 Å². The Morgan fingerprint density at radius 1 is 1.21 bits per heavy atom. The van der Waals surface area contributed by atoms with Gasteiger partial charge in [-0.15, -0.1) is 0 Å². The SMILES string of the molecule is O=C(NC1(C(=O)O)CCC1)c1ccc2c(c1)OCO2. The molecule has 0 atom stereocenters. The smallest absolute Gasteiger partial charge is 0.329 e. The van der Waals surface area contributed by atoms with Crippen molar-refractivity contribution in [3.63, 3.8) is 0 Å². The van der Waals surface area contributed by atoms with Crippen LogP contribution in [0.25, 0.3) is 0 Å². The quantitative estimate of drug-likeness (QED) is 0.854. The van der Waals surface area contributed by atoms with Gasteiger partial charge in [0.25, 0.3) is 5.91 Å². The third-order valence-corrected chi connectivity index (χ3v) is 3.60. The Bertz CT molecular complexity index is 550. The van der Waals surface area contributed by atoms with Gasteiger partial charge in [0, 0.05) is 5.56 Å². The second kappa shape index (κ2) is 4.15. The summed E-state index contributed by atoms with van der Waals surface area (Å²) in [7, 11) is 0. The maximum absolute atomic E-state index is 12.1. The fourth-order valence-electron chi connectivity index (χ4n) is 2.25. The summed E-state index contributed by atoms with van der Waals surface area (Å²) in [5, 5.41) is 11.8. The van der Waals surface area contributed by atoms with Crippen LogP contribution in [0.5, 0.6) is 11.5 Å². The van der Waals surface area contributed by atoms with E-state index in [2.05, 4.69) is 5.32 Å². The van der Waals surface area contributed by atoms with Crippen LogP contribution in [0.15, 0.2) is 18.2 Å². The molecule has 0 unspecified atom stereocenters. The van der Waals surface area contributed by atoms with Crippen molar-refractivity contribution in [3.8, 4) is 11.5 Å². The minimum absolute atomic E-state index is 0.138. The van der Waals surface area contributed by atoms with Crippen LogP contribution in [-0.4, -0.2) is 29.3 Å². The highest BCUT2D eigenvalue weighted by molar-refractivity contribution is 5.98. The number of hydrogen-bond acceptors (Lipinski definition) is 4. The molecule has 1 heterocycles. The number of nitrogens with one attached hydrogen (secondary N) is 1. The number of ether oxygens (including phenoxy) is 2. The third-order valence-electron chi connectivity index (χ3n) is 3.60. The molecule has 1 amide bonds. The van der Waals surface area contributed by atoms with E-state index in [0.29, 0.717) is 29.9 Å². The topological polar surface area (TPSA) is 84.9 Å². The van der Waals surface area contributed by atoms with Gasteiger partial charge in [0.1, 0.15) is 5.54 Å². The molecule has 0 radical (unpaired) electrons. The number of carboxylic acids is 1. The number of carbonyl (C=O) groups is 2. The lowest BCUT2D eigenvalue weighted by Crippen LogP contribution is -2.59. The number of benzene rings is 1. The van der Waals surface area contributed by atoms with Crippen LogP contribution in [-0.2, 0) is 4.79 Å². The summed E-state index contributed by atoms with van der Waals surface area (Å²) in [6.07, 6.45) is 1.75. The highest BCUT2D eigenvalue weighted by atomic mass is 16.7. The number of amides is 1. The summed E-state index contributed by atoms with van der Waals surface area (Å²) < 4.78 is 10.3. The fourth-order valence-corrected chi connectivity index (χ4v) is 2.25. The van der Waals surface area contributed by atoms with Gasteiger partial charge in [-0.1, -0.05) is 0 Å². The van der Waals surface area contributed by atoms with Crippen molar-refractivity contribution in [1.82, 2.24) is 5.32 Å². The van der Waals surface area contributed by atoms with Crippen molar-refractivity contribution in [1.29, 1.82) is 0 Å². The van der Waals surface area contributed by atoms with Gasteiger partial charge in [-0.3, -0.25) is 4.79 Å². The van der Waals surface area contributed by atoms with E-state index in [0.717, 1.165) is 6.42 Å². The van der Waals surface area contributed by atoms with E-state index in [1.165, 1.54) is 0 Å². The van der Waals surface area contributed by atoms with Crippen LogP contribution >= 0.6 is 0 Å². The van der Waals surface area contributed by atoms with Crippen molar-refractivity contribution >= 4 is 11.9 Å². The van der Waals surface area contributed by atoms with Crippen molar-refractivity contribution in [2.75, 3.05) is 6.79 Å². The summed E-state index contributed by atoms with van der Waals surface area (Å²) in [5.74, 6) is -0.285. The predicted octanol–water partition coefficient (Wildman–Crippen LogP) is 1.15. The number of rotatable bonds is 3. The highest BCUT2D eigenvalue weighted by Gasteiger charge is 2.45. The zero-order chi connectivity index (χ0) is 13.5. The molecule has 6 heteroatoms. The minimum Gasteiger partial charge on any atom is -0.480 e. The maximum atomic E-state index is 12.1. The molecule has 19 heavy (non-hydrogen) atoms. The molecule has 100 valence electrons. The fraction of sp³-hybridized carbons (Fsp3) is 0.385. The standard InChI is InChI=1S/C13H13NO5/c15-11(14-13(12(16)17)4-1-5-13)8-2-3-9-10(6-8)19-7-18-9/h2-3,6H,1,4-5,7H2,(H,14,15)(H,16,17). The molecule has 1 aliphatic carbocycles. The monoisotopic (exact) mass is 263 g/mol. The lowest BCUT2D eigenvalue weighted by Gasteiger charge is -2.38. The van der Waals surface area contributed by atoms with Gasteiger partial charge in [-0.2, -0.15) is 0 Å². The minimum atomic E-state index is -1.10. The average molecular weight is 263 g/mol. The van der Waals surface area contributed by atoms with Crippen molar-refractivity contribution < 1.29 is 24.2 Å². The highest BCUT2D eigenvalue weighted by Crippen LogP contribution is 2.34. The van der Waals surface area contributed by atoms with E-state index in [-0.39, 0.29) is 6.79 Å². The Balaban J connectivity index is 1.79.